The van der Waals surface area contributed by atoms with E-state index in [1.807, 2.05) is 6.07 Å². The predicted octanol–water partition coefficient (Wildman–Crippen LogP) is 1.87. The minimum Gasteiger partial charge on any atom is -0.399 e. The zero-order valence-electron chi connectivity index (χ0n) is 11.0. The van der Waals surface area contributed by atoms with Gasteiger partial charge in [-0.25, -0.2) is 0 Å². The molecule has 2 rings (SSSR count). The number of nitrogens with one attached hydrogen (secondary N) is 2. The molecule has 0 radical (unpaired) electrons. The van der Waals surface area contributed by atoms with E-state index < -0.39 is 0 Å². The van der Waals surface area contributed by atoms with E-state index in [0.29, 0.717) is 6.04 Å². The molecular formula is C14H23N3S. The van der Waals surface area contributed by atoms with Crippen LogP contribution in [0.2, 0.25) is 0 Å². The van der Waals surface area contributed by atoms with Crippen molar-refractivity contribution in [3.8, 4) is 0 Å². The Morgan fingerprint density at radius 1 is 1.39 bits per heavy atom. The summed E-state index contributed by atoms with van der Waals surface area (Å²) in [6.07, 6.45) is 5.59. The monoisotopic (exact) mass is 265 g/mol. The molecule has 0 amide bonds. The van der Waals surface area contributed by atoms with Crippen LogP contribution in [0.3, 0.4) is 0 Å². The molecule has 4 N–H and O–H groups in total. The lowest BCUT2D eigenvalue weighted by Gasteiger charge is -2.23. The maximum Gasteiger partial charge on any atom is 0.0347 e. The van der Waals surface area contributed by atoms with Crippen LogP contribution < -0.4 is 16.4 Å². The Morgan fingerprint density at radius 3 is 2.89 bits per heavy atom. The highest BCUT2D eigenvalue weighted by atomic mass is 32.2. The molecule has 1 aliphatic rings. The first-order chi connectivity index (χ1) is 8.79. The minimum atomic E-state index is 0.677. The van der Waals surface area contributed by atoms with E-state index in [4.69, 9.17) is 5.73 Å². The second-order valence-corrected chi connectivity index (χ2v) is 5.67. The first kappa shape index (κ1) is 13.7. The van der Waals surface area contributed by atoms with E-state index in [2.05, 4.69) is 29.0 Å². The third-order valence-electron chi connectivity index (χ3n) is 3.52. The first-order valence-electron chi connectivity index (χ1n) is 6.66. The van der Waals surface area contributed by atoms with E-state index in [-0.39, 0.29) is 0 Å². The van der Waals surface area contributed by atoms with Crippen molar-refractivity contribution in [1.29, 1.82) is 0 Å². The van der Waals surface area contributed by atoms with E-state index in [1.54, 1.807) is 11.8 Å². The SMILES string of the molecule is CSc1ccc(N)c(CCNC2CCNCC2)c1. The van der Waals surface area contributed by atoms with Gasteiger partial charge in [-0.05, 0) is 68.9 Å². The molecule has 3 nitrogen and oxygen atoms in total. The Hall–Kier alpha value is -0.710. The maximum atomic E-state index is 6.02. The van der Waals surface area contributed by atoms with Crippen LogP contribution in [0.4, 0.5) is 5.69 Å². The van der Waals surface area contributed by atoms with Crippen molar-refractivity contribution in [1.82, 2.24) is 10.6 Å². The van der Waals surface area contributed by atoms with Gasteiger partial charge in [0.05, 0.1) is 0 Å². The van der Waals surface area contributed by atoms with Gasteiger partial charge in [-0.3, -0.25) is 0 Å². The number of benzene rings is 1. The molecule has 4 heteroatoms. The Bertz CT molecular complexity index is 375. The smallest absolute Gasteiger partial charge is 0.0347 e. The van der Waals surface area contributed by atoms with Gasteiger partial charge in [0, 0.05) is 16.6 Å². The summed E-state index contributed by atoms with van der Waals surface area (Å²) >= 11 is 1.77. The molecule has 1 aromatic carbocycles. The summed E-state index contributed by atoms with van der Waals surface area (Å²) < 4.78 is 0. The standard InChI is InChI=1S/C14H23N3S/c1-18-13-2-3-14(15)11(10-13)4-9-17-12-5-7-16-8-6-12/h2-3,10,12,16-17H,4-9,15H2,1H3. The highest BCUT2D eigenvalue weighted by Gasteiger charge is 2.11. The molecule has 0 bridgehead atoms. The van der Waals surface area contributed by atoms with E-state index in [9.17, 15) is 0 Å². The number of rotatable bonds is 5. The molecule has 0 aromatic heterocycles. The zero-order chi connectivity index (χ0) is 12.8. The molecule has 0 atom stereocenters. The summed E-state index contributed by atoms with van der Waals surface area (Å²) in [6.45, 7) is 3.30. The fourth-order valence-electron chi connectivity index (χ4n) is 2.36. The van der Waals surface area contributed by atoms with Gasteiger partial charge in [0.2, 0.25) is 0 Å². The van der Waals surface area contributed by atoms with E-state index in [0.717, 1.165) is 31.7 Å². The van der Waals surface area contributed by atoms with Crippen LogP contribution >= 0.6 is 11.8 Å². The first-order valence-corrected chi connectivity index (χ1v) is 7.88. The molecule has 1 fully saturated rings. The Kier molecular flexibility index (Phi) is 5.35. The number of nitrogen functional groups attached to an aromatic ring is 1. The van der Waals surface area contributed by atoms with Gasteiger partial charge in [0.1, 0.15) is 0 Å². The van der Waals surface area contributed by atoms with Crippen LogP contribution in [0, 0.1) is 0 Å². The van der Waals surface area contributed by atoms with Gasteiger partial charge in [-0.1, -0.05) is 0 Å². The summed E-state index contributed by atoms with van der Waals surface area (Å²) in [5.41, 5.74) is 8.20. The van der Waals surface area contributed by atoms with Crippen LogP contribution in [0.1, 0.15) is 18.4 Å². The number of hydrogen-bond donors (Lipinski definition) is 3. The number of hydrogen-bond acceptors (Lipinski definition) is 4. The quantitative estimate of drug-likeness (QED) is 0.562. The van der Waals surface area contributed by atoms with E-state index >= 15 is 0 Å². The number of anilines is 1. The molecule has 0 saturated carbocycles. The van der Waals surface area contributed by atoms with Crippen LogP contribution in [-0.4, -0.2) is 31.9 Å². The van der Waals surface area contributed by atoms with Gasteiger partial charge >= 0.3 is 0 Å². The van der Waals surface area contributed by atoms with Gasteiger partial charge in [-0.2, -0.15) is 0 Å². The molecule has 1 heterocycles. The van der Waals surface area contributed by atoms with Gasteiger partial charge in [-0.15, -0.1) is 11.8 Å². The maximum absolute atomic E-state index is 6.02. The van der Waals surface area contributed by atoms with Gasteiger partial charge in [0.25, 0.3) is 0 Å². The summed E-state index contributed by atoms with van der Waals surface area (Å²) in [7, 11) is 0. The summed E-state index contributed by atoms with van der Waals surface area (Å²) in [4.78, 5) is 1.29. The Morgan fingerprint density at radius 2 is 2.17 bits per heavy atom. The normalized spacial score (nSPS) is 16.9. The molecule has 1 aromatic rings. The average molecular weight is 265 g/mol. The molecule has 0 spiro atoms. The largest absolute Gasteiger partial charge is 0.399 e. The molecule has 100 valence electrons. The Labute approximate surface area is 114 Å². The predicted molar refractivity (Wildman–Crippen MR) is 80.2 cm³/mol. The van der Waals surface area contributed by atoms with Crippen LogP contribution in [0.15, 0.2) is 23.1 Å². The van der Waals surface area contributed by atoms with Crippen LogP contribution in [-0.2, 0) is 6.42 Å². The lowest BCUT2D eigenvalue weighted by Crippen LogP contribution is -2.40. The lowest BCUT2D eigenvalue weighted by molar-refractivity contribution is 0.390. The molecule has 0 aliphatic carbocycles. The third-order valence-corrected chi connectivity index (χ3v) is 4.24. The summed E-state index contributed by atoms with van der Waals surface area (Å²) in [6, 6.07) is 7.00. The van der Waals surface area contributed by atoms with Crippen molar-refractivity contribution in [2.45, 2.75) is 30.2 Å². The average Bonchev–Trinajstić information content (AvgIpc) is 2.42. The summed E-state index contributed by atoms with van der Waals surface area (Å²) in [5.74, 6) is 0. The third kappa shape index (κ3) is 3.90. The summed E-state index contributed by atoms with van der Waals surface area (Å²) in [5, 5.41) is 7.02. The van der Waals surface area contributed by atoms with Crippen LogP contribution in [0.25, 0.3) is 0 Å². The van der Waals surface area contributed by atoms with Crippen molar-refractivity contribution in [3.63, 3.8) is 0 Å². The van der Waals surface area contributed by atoms with Gasteiger partial charge in [0.15, 0.2) is 0 Å². The topological polar surface area (TPSA) is 50.1 Å². The number of piperidine rings is 1. The van der Waals surface area contributed by atoms with Crippen molar-refractivity contribution in [2.75, 3.05) is 31.6 Å². The molecular weight excluding hydrogens is 242 g/mol. The molecule has 1 aliphatic heterocycles. The number of nitrogens with two attached hydrogens (primary N) is 1. The second-order valence-electron chi connectivity index (χ2n) is 4.79. The highest BCUT2D eigenvalue weighted by Crippen LogP contribution is 2.21. The lowest BCUT2D eigenvalue weighted by atomic mass is 10.1. The second kappa shape index (κ2) is 7.02. The number of thioether (sulfide) groups is 1. The minimum absolute atomic E-state index is 0.677. The van der Waals surface area contributed by atoms with Crippen molar-refractivity contribution in [3.05, 3.63) is 23.8 Å². The molecule has 1 saturated heterocycles. The Balaban J connectivity index is 1.81. The highest BCUT2D eigenvalue weighted by molar-refractivity contribution is 7.98. The van der Waals surface area contributed by atoms with Crippen molar-refractivity contribution < 1.29 is 0 Å². The van der Waals surface area contributed by atoms with Crippen LogP contribution in [0.5, 0.6) is 0 Å². The van der Waals surface area contributed by atoms with Crippen molar-refractivity contribution >= 4 is 17.4 Å². The zero-order valence-corrected chi connectivity index (χ0v) is 11.9. The van der Waals surface area contributed by atoms with Crippen molar-refractivity contribution in [2.24, 2.45) is 0 Å². The fourth-order valence-corrected chi connectivity index (χ4v) is 2.83. The fraction of sp³-hybridized carbons (Fsp3) is 0.571. The molecule has 0 unspecified atom stereocenters. The molecule has 18 heavy (non-hydrogen) atoms. The van der Waals surface area contributed by atoms with Gasteiger partial charge < -0.3 is 16.4 Å². The van der Waals surface area contributed by atoms with E-state index in [1.165, 1.54) is 23.3 Å².